The van der Waals surface area contributed by atoms with Gasteiger partial charge in [0.2, 0.25) is 0 Å². The Kier molecular flexibility index (Phi) is 5.44. The number of methoxy groups -OCH3 is 1. The number of hydrogen-bond acceptors (Lipinski definition) is 4. The molecule has 0 N–H and O–H groups in total. The van der Waals surface area contributed by atoms with E-state index in [-0.39, 0.29) is 5.57 Å². The predicted molar refractivity (Wildman–Crippen MR) is 131 cm³/mol. The molecule has 37 heavy (non-hydrogen) atoms. The van der Waals surface area contributed by atoms with Crippen LogP contribution in [0.4, 0.5) is 13.2 Å². The lowest BCUT2D eigenvalue weighted by Gasteiger charge is -2.16. The van der Waals surface area contributed by atoms with Crippen LogP contribution >= 0.6 is 0 Å². The minimum absolute atomic E-state index is 0.0372. The molecular weight excluding hydrogens is 477 g/mol. The van der Waals surface area contributed by atoms with Gasteiger partial charge in [0.15, 0.2) is 0 Å². The van der Waals surface area contributed by atoms with Crippen molar-refractivity contribution < 1.29 is 22.6 Å². The number of hydrogen-bond donors (Lipinski definition) is 0. The van der Waals surface area contributed by atoms with E-state index >= 15 is 0 Å². The second kappa shape index (κ2) is 8.53. The molecule has 178 valence electrons. The summed E-state index contributed by atoms with van der Waals surface area (Å²) in [5.41, 5.74) is 5.60. The molecule has 0 aromatic heterocycles. The lowest BCUT2D eigenvalue weighted by atomic mass is 9.84. The van der Waals surface area contributed by atoms with Crippen LogP contribution in [0.15, 0.2) is 54.1 Å². The summed E-state index contributed by atoms with van der Waals surface area (Å²) in [7, 11) is 1.53. The van der Waals surface area contributed by atoms with E-state index in [4.69, 9.17) is 17.6 Å². The second-order valence-electron chi connectivity index (χ2n) is 8.42. The molecule has 0 aliphatic heterocycles. The van der Waals surface area contributed by atoms with Gasteiger partial charge >= 0.3 is 6.36 Å². The summed E-state index contributed by atoms with van der Waals surface area (Å²) in [4.78, 5) is 0. The van der Waals surface area contributed by atoms with Gasteiger partial charge in [0.05, 0.1) is 13.2 Å². The predicted octanol–water partition coefficient (Wildman–Crippen LogP) is 6.42. The van der Waals surface area contributed by atoms with E-state index in [0.717, 1.165) is 22.3 Å². The third-order valence-corrected chi connectivity index (χ3v) is 6.63. The molecule has 4 nitrogen and oxygen atoms in total. The topological polar surface area (TPSA) is 66.0 Å². The van der Waals surface area contributed by atoms with Crippen LogP contribution in [0.3, 0.4) is 0 Å². The summed E-state index contributed by atoms with van der Waals surface area (Å²) in [6, 6.07) is 17.3. The summed E-state index contributed by atoms with van der Waals surface area (Å²) >= 11 is 0. The van der Waals surface area contributed by atoms with Gasteiger partial charge in [-0.15, -0.1) is 26.0 Å². The van der Waals surface area contributed by atoms with E-state index in [1.807, 2.05) is 30.3 Å². The number of alkyl halides is 3. The van der Waals surface area contributed by atoms with Gasteiger partial charge in [-0.3, -0.25) is 0 Å². The van der Waals surface area contributed by atoms with Gasteiger partial charge in [-0.1, -0.05) is 36.1 Å². The zero-order valence-electron chi connectivity index (χ0n) is 19.3. The standard InChI is InChI=1S/C30H15F3N2O2/c1-4-16(14-34)26-23-11-10-21-20-8-7-19(37-30(31,32)33)13-24(20)27(17(5-2)15-35)29(21)28(23)22-9-6-18(36-3)12-25(22)26/h1-2,6-13,16,26H,3H3/b27-17-. The lowest BCUT2D eigenvalue weighted by molar-refractivity contribution is -0.274. The van der Waals surface area contributed by atoms with Gasteiger partial charge < -0.3 is 9.47 Å². The zero-order valence-corrected chi connectivity index (χ0v) is 19.3. The van der Waals surface area contributed by atoms with Crippen molar-refractivity contribution in [3.63, 3.8) is 0 Å². The van der Waals surface area contributed by atoms with Crippen molar-refractivity contribution in [2.45, 2.75) is 12.3 Å². The van der Waals surface area contributed by atoms with Crippen LogP contribution in [0.2, 0.25) is 0 Å². The smallest absolute Gasteiger partial charge is 0.497 e. The molecule has 0 saturated carbocycles. The Bertz CT molecular complexity index is 1660. The minimum Gasteiger partial charge on any atom is -0.497 e. The number of rotatable bonds is 3. The number of nitriles is 2. The molecular formula is C30H15F3N2O2. The van der Waals surface area contributed by atoms with Crippen molar-refractivity contribution in [2.75, 3.05) is 7.11 Å². The Hall–Kier alpha value is -5.11. The number of fused-ring (bicyclic) bond motifs is 7. The highest BCUT2D eigenvalue weighted by Crippen LogP contribution is 2.58. The van der Waals surface area contributed by atoms with Crippen LogP contribution in [-0.4, -0.2) is 13.5 Å². The number of halogens is 3. The van der Waals surface area contributed by atoms with E-state index < -0.39 is 23.9 Å². The van der Waals surface area contributed by atoms with Gasteiger partial charge in [0, 0.05) is 17.1 Å². The maximum absolute atomic E-state index is 13.0. The monoisotopic (exact) mass is 492 g/mol. The zero-order chi connectivity index (χ0) is 26.5. The average molecular weight is 492 g/mol. The Labute approximate surface area is 211 Å². The van der Waals surface area contributed by atoms with E-state index in [9.17, 15) is 23.7 Å². The first-order valence-corrected chi connectivity index (χ1v) is 11.0. The number of ether oxygens (including phenoxy) is 2. The molecule has 5 rings (SSSR count). The Morgan fingerprint density at radius 1 is 0.892 bits per heavy atom. The van der Waals surface area contributed by atoms with Crippen molar-refractivity contribution in [3.8, 4) is 70.6 Å². The van der Waals surface area contributed by atoms with Crippen molar-refractivity contribution in [1.29, 1.82) is 10.5 Å². The summed E-state index contributed by atoms with van der Waals surface area (Å²) in [5, 5.41) is 19.7. The van der Waals surface area contributed by atoms with Crippen LogP contribution in [0.25, 0.3) is 27.8 Å². The molecule has 0 heterocycles. The van der Waals surface area contributed by atoms with E-state index in [0.29, 0.717) is 33.6 Å². The van der Waals surface area contributed by atoms with E-state index in [2.05, 4.69) is 22.6 Å². The Morgan fingerprint density at radius 3 is 2.22 bits per heavy atom. The first-order valence-electron chi connectivity index (χ1n) is 11.0. The Morgan fingerprint density at radius 2 is 1.59 bits per heavy atom. The van der Waals surface area contributed by atoms with Crippen molar-refractivity contribution in [1.82, 2.24) is 0 Å². The average Bonchev–Trinajstić information content (AvgIpc) is 3.37. The molecule has 0 amide bonds. The fourth-order valence-corrected chi connectivity index (χ4v) is 5.26. The summed E-state index contributed by atoms with van der Waals surface area (Å²) in [6.45, 7) is 0. The van der Waals surface area contributed by atoms with Crippen molar-refractivity contribution in [3.05, 3.63) is 76.4 Å². The first-order chi connectivity index (χ1) is 17.8. The summed E-state index contributed by atoms with van der Waals surface area (Å²) < 4.78 is 48.4. The van der Waals surface area contributed by atoms with Crippen molar-refractivity contribution >= 4 is 5.57 Å². The molecule has 2 atom stereocenters. The molecule has 3 aromatic rings. The largest absolute Gasteiger partial charge is 0.573 e. The summed E-state index contributed by atoms with van der Waals surface area (Å²) in [5.74, 6) is 3.82. The lowest BCUT2D eigenvalue weighted by Crippen LogP contribution is -2.17. The number of allylic oxidation sites excluding steroid dienone is 1. The van der Waals surface area contributed by atoms with Crippen molar-refractivity contribution in [2.24, 2.45) is 5.92 Å². The molecule has 0 bridgehead atoms. The van der Waals surface area contributed by atoms with E-state index in [1.54, 1.807) is 6.07 Å². The third-order valence-electron chi connectivity index (χ3n) is 6.63. The molecule has 2 aliphatic rings. The van der Waals surface area contributed by atoms with Gasteiger partial charge in [0.1, 0.15) is 29.1 Å². The normalized spacial score (nSPS) is 16.5. The molecule has 0 saturated heterocycles. The second-order valence-corrected chi connectivity index (χ2v) is 8.42. The summed E-state index contributed by atoms with van der Waals surface area (Å²) in [6.07, 6.45) is 6.53. The van der Waals surface area contributed by atoms with Crippen LogP contribution in [0, 0.1) is 53.3 Å². The molecule has 3 aromatic carbocycles. The highest BCUT2D eigenvalue weighted by Gasteiger charge is 2.40. The SMILES string of the molecule is C#C/C(C#N)=C1\c2cc(OC(F)(F)F)ccc2-c2ccc3c(c21)-c1ccc(OC)cc1C3C(C#C)C#N. The number of nitrogens with zero attached hydrogens (tertiary/aromatic N) is 2. The number of benzene rings is 3. The highest BCUT2D eigenvalue weighted by atomic mass is 19.4. The Balaban J connectivity index is 1.86. The van der Waals surface area contributed by atoms with Gasteiger partial charge in [-0.2, -0.15) is 10.5 Å². The van der Waals surface area contributed by atoms with Crippen LogP contribution in [0.5, 0.6) is 11.5 Å². The molecule has 2 unspecified atom stereocenters. The highest BCUT2D eigenvalue weighted by molar-refractivity contribution is 6.10. The van der Waals surface area contributed by atoms with Gasteiger partial charge in [-0.25, -0.2) is 0 Å². The molecule has 2 aliphatic carbocycles. The first kappa shape index (κ1) is 23.6. The maximum atomic E-state index is 13.0. The van der Waals surface area contributed by atoms with Crippen LogP contribution < -0.4 is 9.47 Å². The third kappa shape index (κ3) is 3.58. The molecule has 0 radical (unpaired) electrons. The molecule has 0 fully saturated rings. The van der Waals surface area contributed by atoms with Gasteiger partial charge in [-0.05, 0) is 63.2 Å². The maximum Gasteiger partial charge on any atom is 0.573 e. The minimum atomic E-state index is -4.89. The van der Waals surface area contributed by atoms with Gasteiger partial charge in [0.25, 0.3) is 0 Å². The fraction of sp³-hybridized carbons (Fsp3) is 0.133. The molecule has 7 heteroatoms. The van der Waals surface area contributed by atoms with E-state index in [1.165, 1.54) is 25.3 Å². The number of terminal acetylenes is 2. The fourth-order valence-electron chi connectivity index (χ4n) is 5.26. The van der Waals surface area contributed by atoms with Crippen LogP contribution in [-0.2, 0) is 0 Å². The van der Waals surface area contributed by atoms with Crippen LogP contribution in [0.1, 0.15) is 28.2 Å². The molecule has 0 spiro atoms. The quantitative estimate of drug-likeness (QED) is 0.245.